The van der Waals surface area contributed by atoms with Crippen molar-refractivity contribution in [3.63, 3.8) is 0 Å². The van der Waals surface area contributed by atoms with Crippen LogP contribution < -0.4 is 0 Å². The summed E-state index contributed by atoms with van der Waals surface area (Å²) in [5.74, 6) is 0.338. The minimum atomic E-state index is 0.338. The monoisotopic (exact) mass is 848 g/mol. The van der Waals surface area contributed by atoms with Gasteiger partial charge in [-0.15, -0.1) is 23.1 Å². The Morgan fingerprint density at radius 3 is 1.33 bits per heavy atom. The predicted molar refractivity (Wildman–Crippen MR) is 277 cm³/mol. The lowest BCUT2D eigenvalue weighted by molar-refractivity contribution is 0.885. The molecule has 0 radical (unpaired) electrons. The van der Waals surface area contributed by atoms with Gasteiger partial charge < -0.3 is 0 Å². The highest BCUT2D eigenvalue weighted by Gasteiger charge is 2.33. The van der Waals surface area contributed by atoms with Crippen LogP contribution in [-0.4, -0.2) is 5.25 Å². The van der Waals surface area contributed by atoms with Crippen molar-refractivity contribution >= 4 is 70.4 Å². The molecule has 1 aromatic heterocycles. The number of rotatable bonds is 6. The molecule has 2 aliphatic rings. The van der Waals surface area contributed by atoms with E-state index < -0.39 is 0 Å². The summed E-state index contributed by atoms with van der Waals surface area (Å²) in [6, 6.07) is 79.1. The number of hydrogen-bond acceptors (Lipinski definition) is 2. The van der Waals surface area contributed by atoms with Crippen molar-refractivity contribution < 1.29 is 0 Å². The SMILES string of the molecule is C1=CC2Sc3ccc(-c4ccc5c(-c6ccccc6)c6ccc(-c7ccc8sc9ccc(-c%10ccccc%10)cc9c8c7)cc6c(-c6ccccc6)c5c4)cc3C2C=C1c1ccccc1. The highest BCUT2D eigenvalue weighted by atomic mass is 32.2. The van der Waals surface area contributed by atoms with Crippen molar-refractivity contribution in [3.05, 3.63) is 242 Å². The van der Waals surface area contributed by atoms with Gasteiger partial charge in [0.15, 0.2) is 0 Å². The summed E-state index contributed by atoms with van der Waals surface area (Å²) in [6.45, 7) is 0. The van der Waals surface area contributed by atoms with E-state index in [0.717, 1.165) is 0 Å². The average molecular weight is 849 g/mol. The fourth-order valence-corrected chi connectivity index (χ4v) is 12.7. The molecule has 11 aromatic rings. The van der Waals surface area contributed by atoms with E-state index in [4.69, 9.17) is 0 Å². The molecule has 0 nitrogen and oxygen atoms in total. The van der Waals surface area contributed by atoms with Crippen LogP contribution in [0.15, 0.2) is 235 Å². The molecule has 0 saturated carbocycles. The van der Waals surface area contributed by atoms with Gasteiger partial charge in [0, 0.05) is 36.2 Å². The molecular formula is C62H40S2. The molecule has 0 amide bonds. The lowest BCUT2D eigenvalue weighted by Crippen LogP contribution is -2.09. The van der Waals surface area contributed by atoms with Gasteiger partial charge in [-0.3, -0.25) is 0 Å². The molecule has 2 heterocycles. The molecule has 64 heavy (non-hydrogen) atoms. The van der Waals surface area contributed by atoms with Crippen molar-refractivity contribution in [2.75, 3.05) is 0 Å². The quantitative estimate of drug-likeness (QED) is 0.150. The second kappa shape index (κ2) is 15.2. The van der Waals surface area contributed by atoms with Crippen molar-refractivity contribution in [1.29, 1.82) is 0 Å². The number of hydrogen-bond donors (Lipinski definition) is 0. The molecule has 1 aliphatic heterocycles. The summed E-state index contributed by atoms with van der Waals surface area (Å²) >= 11 is 3.87. The number of fused-ring (bicyclic) bond motifs is 8. The van der Waals surface area contributed by atoms with Gasteiger partial charge in [-0.05, 0) is 142 Å². The largest absolute Gasteiger partial charge is 0.135 e. The summed E-state index contributed by atoms with van der Waals surface area (Å²) in [7, 11) is 0. The van der Waals surface area contributed by atoms with Crippen LogP contribution in [0.2, 0.25) is 0 Å². The van der Waals surface area contributed by atoms with Gasteiger partial charge in [0.2, 0.25) is 0 Å². The molecule has 2 atom stereocenters. The summed E-state index contributed by atoms with van der Waals surface area (Å²) in [6.07, 6.45) is 7.22. The van der Waals surface area contributed by atoms with Crippen LogP contribution in [0.3, 0.4) is 0 Å². The first-order chi connectivity index (χ1) is 31.7. The molecule has 0 spiro atoms. The third-order valence-electron chi connectivity index (χ3n) is 13.4. The topological polar surface area (TPSA) is 0 Å². The van der Waals surface area contributed by atoms with Gasteiger partial charge in [0.05, 0.1) is 0 Å². The fraction of sp³-hybridized carbons (Fsp3) is 0.0323. The van der Waals surface area contributed by atoms with Gasteiger partial charge in [0.25, 0.3) is 0 Å². The lowest BCUT2D eigenvalue weighted by Gasteiger charge is -2.20. The fourth-order valence-electron chi connectivity index (χ4n) is 10.3. The number of benzene rings is 10. The smallest absolute Gasteiger partial charge is 0.0381 e. The third-order valence-corrected chi connectivity index (χ3v) is 15.9. The van der Waals surface area contributed by atoms with Gasteiger partial charge in [0.1, 0.15) is 0 Å². The molecule has 0 fully saturated rings. The zero-order valence-corrected chi connectivity index (χ0v) is 36.5. The van der Waals surface area contributed by atoms with E-state index in [0.29, 0.717) is 11.2 Å². The van der Waals surface area contributed by atoms with Crippen molar-refractivity contribution in [2.24, 2.45) is 0 Å². The average Bonchev–Trinajstić information content (AvgIpc) is 3.93. The number of allylic oxidation sites excluding steroid dienone is 3. The Kier molecular flexibility index (Phi) is 8.89. The van der Waals surface area contributed by atoms with Gasteiger partial charge >= 0.3 is 0 Å². The molecule has 300 valence electrons. The number of thiophene rings is 1. The minimum absolute atomic E-state index is 0.338. The lowest BCUT2D eigenvalue weighted by atomic mass is 9.83. The maximum absolute atomic E-state index is 2.49. The second-order valence-corrected chi connectivity index (χ2v) is 19.4. The number of thioether (sulfide) groups is 1. The van der Waals surface area contributed by atoms with E-state index in [1.54, 1.807) is 0 Å². The van der Waals surface area contributed by atoms with Gasteiger partial charge in [-0.1, -0.05) is 182 Å². The van der Waals surface area contributed by atoms with Crippen LogP contribution in [-0.2, 0) is 0 Å². The van der Waals surface area contributed by atoms with E-state index in [1.807, 2.05) is 23.1 Å². The predicted octanol–water partition coefficient (Wildman–Crippen LogP) is 17.9. The summed E-state index contributed by atoms with van der Waals surface area (Å²) < 4.78 is 2.63. The summed E-state index contributed by atoms with van der Waals surface area (Å²) in [4.78, 5) is 1.38. The van der Waals surface area contributed by atoms with Crippen molar-refractivity contribution in [3.8, 4) is 55.6 Å². The van der Waals surface area contributed by atoms with Crippen LogP contribution in [0.25, 0.3) is 103 Å². The van der Waals surface area contributed by atoms with E-state index in [-0.39, 0.29) is 0 Å². The van der Waals surface area contributed by atoms with Crippen LogP contribution in [0.5, 0.6) is 0 Å². The molecule has 10 aromatic carbocycles. The Morgan fingerprint density at radius 2 is 0.766 bits per heavy atom. The van der Waals surface area contributed by atoms with Crippen LogP contribution >= 0.6 is 23.1 Å². The minimum Gasteiger partial charge on any atom is -0.135 e. The van der Waals surface area contributed by atoms with Crippen LogP contribution in [0.1, 0.15) is 17.0 Å². The Labute approximate surface area is 381 Å². The second-order valence-electron chi connectivity index (χ2n) is 17.1. The maximum Gasteiger partial charge on any atom is 0.0381 e. The maximum atomic E-state index is 2.49. The van der Waals surface area contributed by atoms with E-state index in [1.165, 1.54) is 119 Å². The highest BCUT2D eigenvalue weighted by molar-refractivity contribution is 8.00. The van der Waals surface area contributed by atoms with Gasteiger partial charge in [-0.25, -0.2) is 0 Å². The summed E-state index contributed by atoms with van der Waals surface area (Å²) in [5, 5.41) is 8.08. The zero-order valence-electron chi connectivity index (χ0n) is 34.9. The molecule has 0 bridgehead atoms. The van der Waals surface area contributed by atoms with Crippen molar-refractivity contribution in [1.82, 2.24) is 0 Å². The molecular weight excluding hydrogens is 809 g/mol. The summed E-state index contributed by atoms with van der Waals surface area (Å²) in [5.41, 5.74) is 16.4. The molecule has 0 N–H and O–H groups in total. The third kappa shape index (κ3) is 6.28. The first kappa shape index (κ1) is 37.3. The first-order valence-corrected chi connectivity index (χ1v) is 23.8. The van der Waals surface area contributed by atoms with Crippen molar-refractivity contribution in [2.45, 2.75) is 16.1 Å². The van der Waals surface area contributed by atoms with Gasteiger partial charge in [-0.2, -0.15) is 0 Å². The Morgan fingerprint density at radius 1 is 0.328 bits per heavy atom. The van der Waals surface area contributed by atoms with E-state index in [2.05, 4.69) is 231 Å². The molecule has 1 aliphatic carbocycles. The Bertz CT molecular complexity index is 3670. The molecule has 2 unspecified atom stereocenters. The molecule has 2 heteroatoms. The molecule has 0 saturated heterocycles. The zero-order chi connectivity index (χ0) is 42.1. The Balaban J connectivity index is 1.00. The Hall–Kier alpha value is -7.23. The first-order valence-electron chi connectivity index (χ1n) is 22.1. The van der Waals surface area contributed by atoms with E-state index in [9.17, 15) is 0 Å². The van der Waals surface area contributed by atoms with Crippen LogP contribution in [0, 0.1) is 0 Å². The normalized spacial score (nSPS) is 15.5. The standard InChI is InChI=1S/C62H40S2/c1-5-13-39(14-6-1)43-23-29-57-51(33-43)53-35-47(25-31-59(53)63-57)45-21-27-49-55(37-45)62(42-19-11-4-12-20-42)56-38-46(22-28-50(56)61(49)41-17-9-3-10-18-41)48-26-32-60-54(36-48)52-34-44(24-30-58(52)64-60)40-15-7-2-8-16-40/h1-38,51,57H. The molecule has 13 rings (SSSR count). The van der Waals surface area contributed by atoms with E-state index >= 15 is 0 Å². The highest BCUT2D eigenvalue weighted by Crippen LogP contribution is 2.52. The van der Waals surface area contributed by atoms with Crippen LogP contribution in [0.4, 0.5) is 0 Å².